The van der Waals surface area contributed by atoms with Crippen LogP contribution in [-0.4, -0.2) is 47.5 Å². The molecule has 0 heterocycles. The molecule has 0 fully saturated rings. The summed E-state index contributed by atoms with van der Waals surface area (Å²) in [6.45, 7) is 7.73. The average Bonchev–Trinajstić information content (AvgIpc) is 2.42. The number of hydrogen-bond donors (Lipinski definition) is 1. The molecule has 0 atom stereocenters. The molecule has 1 aromatic carbocycles. The fourth-order valence-electron chi connectivity index (χ4n) is 1.81. The normalized spacial score (nSPS) is 10.0. The van der Waals surface area contributed by atoms with Gasteiger partial charge in [-0.3, -0.25) is 4.79 Å². The van der Waals surface area contributed by atoms with Crippen LogP contribution < -0.4 is 5.32 Å². The van der Waals surface area contributed by atoms with Crippen molar-refractivity contribution in [3.63, 3.8) is 0 Å². The van der Waals surface area contributed by atoms with Gasteiger partial charge in [0.25, 0.3) is 0 Å². The van der Waals surface area contributed by atoms with Gasteiger partial charge >= 0.3 is 0 Å². The second-order valence-corrected chi connectivity index (χ2v) is 5.10. The van der Waals surface area contributed by atoms with Crippen LogP contribution in [0.15, 0.2) is 24.3 Å². The second-order valence-electron chi connectivity index (χ2n) is 4.72. The summed E-state index contributed by atoms with van der Waals surface area (Å²) in [7, 11) is 1.82. The predicted octanol–water partition coefficient (Wildman–Crippen LogP) is 2.49. The Morgan fingerprint density at radius 2 is 1.75 bits per heavy atom. The first kappa shape index (κ1) is 16.4. The van der Waals surface area contributed by atoms with E-state index in [-0.39, 0.29) is 5.91 Å². The number of nitrogens with one attached hydrogen (secondary N) is 1. The summed E-state index contributed by atoms with van der Waals surface area (Å²) in [6.07, 6.45) is 0. The van der Waals surface area contributed by atoms with E-state index in [1.54, 1.807) is 9.80 Å². The molecule has 5 heteroatoms. The van der Waals surface area contributed by atoms with Gasteiger partial charge in [0, 0.05) is 25.8 Å². The molecule has 1 aromatic rings. The molecular weight excluding hydrogens is 270 g/mol. The van der Waals surface area contributed by atoms with E-state index in [0.717, 1.165) is 18.8 Å². The van der Waals surface area contributed by atoms with Gasteiger partial charge in [0.2, 0.25) is 5.91 Å². The van der Waals surface area contributed by atoms with E-state index in [4.69, 9.17) is 12.2 Å². The van der Waals surface area contributed by atoms with Gasteiger partial charge in [0.05, 0.1) is 6.54 Å². The third-order valence-corrected chi connectivity index (χ3v) is 3.55. The molecule has 110 valence electrons. The number of anilines is 1. The summed E-state index contributed by atoms with van der Waals surface area (Å²) < 4.78 is 0. The van der Waals surface area contributed by atoms with Gasteiger partial charge in [-0.25, -0.2) is 0 Å². The maximum absolute atomic E-state index is 12.0. The first-order valence-electron chi connectivity index (χ1n) is 6.84. The first-order valence-corrected chi connectivity index (χ1v) is 7.25. The quantitative estimate of drug-likeness (QED) is 0.846. The fourth-order valence-corrected chi connectivity index (χ4v) is 1.99. The number of amides is 1. The van der Waals surface area contributed by atoms with Gasteiger partial charge in [-0.1, -0.05) is 17.7 Å². The van der Waals surface area contributed by atoms with Crippen LogP contribution in [0.3, 0.4) is 0 Å². The molecule has 20 heavy (non-hydrogen) atoms. The minimum atomic E-state index is 0.0885. The number of carbonyl (C=O) groups excluding carboxylic acids is 1. The minimum Gasteiger partial charge on any atom is -0.343 e. The molecule has 0 radical (unpaired) electrons. The van der Waals surface area contributed by atoms with E-state index in [1.807, 2.05) is 52.1 Å². The van der Waals surface area contributed by atoms with Crippen LogP contribution in [0.1, 0.15) is 19.4 Å². The molecule has 0 spiro atoms. The molecular formula is C15H23N3OS. The van der Waals surface area contributed by atoms with Crippen LogP contribution >= 0.6 is 12.2 Å². The first-order chi connectivity index (χ1) is 9.47. The molecule has 0 unspecified atom stereocenters. The molecule has 1 amide bonds. The Bertz CT molecular complexity index is 455. The highest BCUT2D eigenvalue weighted by molar-refractivity contribution is 7.80. The van der Waals surface area contributed by atoms with Crippen LogP contribution in [0.25, 0.3) is 0 Å². The Balaban J connectivity index is 2.54. The zero-order chi connectivity index (χ0) is 15.1. The Hall–Kier alpha value is -1.62. The van der Waals surface area contributed by atoms with Crippen molar-refractivity contribution in [1.29, 1.82) is 0 Å². The topological polar surface area (TPSA) is 35.6 Å². The molecule has 0 saturated heterocycles. The van der Waals surface area contributed by atoms with Crippen molar-refractivity contribution >= 4 is 28.9 Å². The molecule has 1 rings (SSSR count). The minimum absolute atomic E-state index is 0.0885. The standard InChI is InChI=1S/C15H23N3OS/c1-5-18(6-2)14(19)11-17(4)15(20)16-13-9-7-12(3)8-10-13/h7-10H,5-6,11H2,1-4H3,(H,16,20). The summed E-state index contributed by atoms with van der Waals surface area (Å²) >= 11 is 5.31. The SMILES string of the molecule is CCN(CC)C(=O)CN(C)C(=S)Nc1ccc(C)cc1. The molecule has 0 aliphatic rings. The largest absolute Gasteiger partial charge is 0.343 e. The lowest BCUT2D eigenvalue weighted by Gasteiger charge is -2.25. The number of likely N-dealkylation sites (N-methyl/N-ethyl adjacent to an activating group) is 2. The van der Waals surface area contributed by atoms with Gasteiger partial charge in [0.15, 0.2) is 5.11 Å². The predicted molar refractivity (Wildman–Crippen MR) is 88.0 cm³/mol. The Kier molecular flexibility index (Phi) is 6.45. The molecule has 0 aliphatic heterocycles. The summed E-state index contributed by atoms with van der Waals surface area (Å²) in [5.74, 6) is 0.0885. The number of benzene rings is 1. The number of carbonyl (C=O) groups is 1. The maximum Gasteiger partial charge on any atom is 0.242 e. The van der Waals surface area contributed by atoms with E-state index >= 15 is 0 Å². The Morgan fingerprint density at radius 3 is 2.25 bits per heavy atom. The lowest BCUT2D eigenvalue weighted by Crippen LogP contribution is -2.42. The second kappa shape index (κ2) is 7.85. The summed E-state index contributed by atoms with van der Waals surface area (Å²) in [6, 6.07) is 7.99. The van der Waals surface area contributed by atoms with E-state index in [2.05, 4.69) is 5.32 Å². The lowest BCUT2D eigenvalue weighted by atomic mass is 10.2. The Labute approximate surface area is 126 Å². The molecule has 0 bridgehead atoms. The van der Waals surface area contributed by atoms with Crippen molar-refractivity contribution in [2.75, 3.05) is 32.0 Å². The smallest absolute Gasteiger partial charge is 0.242 e. The Morgan fingerprint density at radius 1 is 1.20 bits per heavy atom. The zero-order valence-electron chi connectivity index (χ0n) is 12.6. The lowest BCUT2D eigenvalue weighted by molar-refractivity contribution is -0.130. The van der Waals surface area contributed by atoms with Crippen LogP contribution in [0.2, 0.25) is 0 Å². The summed E-state index contributed by atoms with van der Waals surface area (Å²) in [5, 5.41) is 3.69. The van der Waals surface area contributed by atoms with Gasteiger partial charge in [-0.2, -0.15) is 0 Å². The van der Waals surface area contributed by atoms with E-state index in [9.17, 15) is 4.79 Å². The van der Waals surface area contributed by atoms with E-state index in [0.29, 0.717) is 11.7 Å². The summed E-state index contributed by atoms with van der Waals surface area (Å²) in [5.41, 5.74) is 2.13. The zero-order valence-corrected chi connectivity index (χ0v) is 13.5. The monoisotopic (exact) mass is 293 g/mol. The molecule has 0 aliphatic carbocycles. The number of thiocarbonyl (C=S) groups is 1. The van der Waals surface area contributed by atoms with Crippen molar-refractivity contribution in [3.05, 3.63) is 29.8 Å². The number of aryl methyl sites for hydroxylation is 1. The number of nitrogens with zero attached hydrogens (tertiary/aromatic N) is 2. The highest BCUT2D eigenvalue weighted by atomic mass is 32.1. The average molecular weight is 293 g/mol. The van der Waals surface area contributed by atoms with E-state index in [1.165, 1.54) is 5.56 Å². The fraction of sp³-hybridized carbons (Fsp3) is 0.467. The summed E-state index contributed by atoms with van der Waals surface area (Å²) in [4.78, 5) is 15.6. The van der Waals surface area contributed by atoms with Gasteiger partial charge in [-0.15, -0.1) is 0 Å². The molecule has 1 N–H and O–H groups in total. The van der Waals surface area contributed by atoms with Crippen molar-refractivity contribution in [2.45, 2.75) is 20.8 Å². The number of rotatable bonds is 5. The van der Waals surface area contributed by atoms with Gasteiger partial charge in [0.1, 0.15) is 0 Å². The van der Waals surface area contributed by atoms with Crippen LogP contribution in [-0.2, 0) is 4.79 Å². The highest BCUT2D eigenvalue weighted by Crippen LogP contribution is 2.09. The van der Waals surface area contributed by atoms with Crippen LogP contribution in [0.4, 0.5) is 5.69 Å². The van der Waals surface area contributed by atoms with Crippen LogP contribution in [0.5, 0.6) is 0 Å². The van der Waals surface area contributed by atoms with E-state index < -0.39 is 0 Å². The van der Waals surface area contributed by atoms with Crippen LogP contribution in [0, 0.1) is 6.92 Å². The van der Waals surface area contributed by atoms with Crippen molar-refractivity contribution in [2.24, 2.45) is 0 Å². The molecule has 0 saturated carbocycles. The van der Waals surface area contributed by atoms with Crippen molar-refractivity contribution in [1.82, 2.24) is 9.80 Å². The van der Waals surface area contributed by atoms with Gasteiger partial charge in [-0.05, 0) is 45.1 Å². The molecule has 4 nitrogen and oxygen atoms in total. The third kappa shape index (κ3) is 4.81. The highest BCUT2D eigenvalue weighted by Gasteiger charge is 2.14. The number of hydrogen-bond acceptors (Lipinski definition) is 2. The maximum atomic E-state index is 12.0. The van der Waals surface area contributed by atoms with Gasteiger partial charge < -0.3 is 15.1 Å². The third-order valence-electron chi connectivity index (χ3n) is 3.14. The van der Waals surface area contributed by atoms with Crippen molar-refractivity contribution < 1.29 is 4.79 Å². The molecule has 0 aromatic heterocycles. The van der Waals surface area contributed by atoms with Crippen molar-refractivity contribution in [3.8, 4) is 0 Å².